The van der Waals surface area contributed by atoms with Gasteiger partial charge in [-0.1, -0.05) is 0 Å². The average Bonchev–Trinajstić information content (AvgIpc) is 3.03. The lowest BCUT2D eigenvalue weighted by atomic mass is 10.2. The van der Waals surface area contributed by atoms with E-state index in [2.05, 4.69) is 10.6 Å². The molecule has 0 spiro atoms. The van der Waals surface area contributed by atoms with Crippen LogP contribution in [0.25, 0.3) is 0 Å². The molecule has 0 bridgehead atoms. The topological polar surface area (TPSA) is 61.4 Å². The van der Waals surface area contributed by atoms with Crippen LogP contribution >= 0.6 is 0 Å². The molecule has 0 unspecified atom stereocenters. The molecule has 4 nitrogen and oxygen atoms in total. The van der Waals surface area contributed by atoms with Crippen LogP contribution in [0.5, 0.6) is 5.75 Å². The summed E-state index contributed by atoms with van der Waals surface area (Å²) in [6.45, 7) is 2.20. The maximum absolute atomic E-state index is 11.5. The van der Waals surface area contributed by atoms with Crippen LogP contribution in [0.3, 0.4) is 0 Å². The number of carbonyl (C=O) groups excluding carboxylic acids is 1. The van der Waals surface area contributed by atoms with Gasteiger partial charge >= 0.3 is 0 Å². The van der Waals surface area contributed by atoms with E-state index in [1.165, 1.54) is 12.8 Å². The molecule has 1 aromatic rings. The predicted octanol–water partition coefficient (Wildman–Crippen LogP) is 1.39. The molecule has 3 N–H and O–H groups in total. The third kappa shape index (κ3) is 2.97. The van der Waals surface area contributed by atoms with Gasteiger partial charge in [0.1, 0.15) is 5.75 Å². The maximum atomic E-state index is 11.5. The number of rotatable bonds is 4. The van der Waals surface area contributed by atoms with Crippen molar-refractivity contribution in [3.63, 3.8) is 0 Å². The van der Waals surface area contributed by atoms with Crippen molar-refractivity contribution in [1.29, 1.82) is 0 Å². The van der Waals surface area contributed by atoms with Crippen LogP contribution in [0.15, 0.2) is 18.2 Å². The van der Waals surface area contributed by atoms with Crippen molar-refractivity contribution in [3.8, 4) is 5.75 Å². The second-order valence-corrected chi connectivity index (χ2v) is 4.20. The molecule has 16 heavy (non-hydrogen) atoms. The van der Waals surface area contributed by atoms with Gasteiger partial charge in [0.15, 0.2) is 0 Å². The Labute approximate surface area is 94.7 Å². The molecule has 0 saturated heterocycles. The van der Waals surface area contributed by atoms with Gasteiger partial charge < -0.3 is 15.7 Å². The quantitative estimate of drug-likeness (QED) is 0.672. The number of hydrogen-bond donors (Lipinski definition) is 3. The smallest absolute Gasteiger partial charge is 0.238 e. The molecule has 2 rings (SSSR count). The summed E-state index contributed by atoms with van der Waals surface area (Å²) < 4.78 is 0. The molecule has 86 valence electrons. The van der Waals surface area contributed by atoms with Crippen molar-refractivity contribution in [3.05, 3.63) is 23.8 Å². The fraction of sp³-hybridized carbons (Fsp3) is 0.417. The molecular formula is C12H16N2O2. The summed E-state index contributed by atoms with van der Waals surface area (Å²) >= 11 is 0. The van der Waals surface area contributed by atoms with E-state index in [-0.39, 0.29) is 11.7 Å². The number of nitrogens with one attached hydrogen (secondary N) is 2. The number of aryl methyl sites for hydroxylation is 1. The van der Waals surface area contributed by atoms with Crippen molar-refractivity contribution < 1.29 is 9.90 Å². The summed E-state index contributed by atoms with van der Waals surface area (Å²) in [7, 11) is 0. The molecular weight excluding hydrogens is 204 g/mol. The number of phenols is 1. The lowest BCUT2D eigenvalue weighted by Gasteiger charge is -2.09. The van der Waals surface area contributed by atoms with E-state index in [1.807, 2.05) is 6.92 Å². The molecule has 4 heteroatoms. The van der Waals surface area contributed by atoms with E-state index in [9.17, 15) is 9.90 Å². The fourth-order valence-corrected chi connectivity index (χ4v) is 1.51. The maximum Gasteiger partial charge on any atom is 0.238 e. The zero-order chi connectivity index (χ0) is 11.5. The highest BCUT2D eigenvalue weighted by atomic mass is 16.3. The van der Waals surface area contributed by atoms with E-state index in [0.29, 0.717) is 12.6 Å². The number of benzene rings is 1. The van der Waals surface area contributed by atoms with E-state index in [1.54, 1.807) is 18.2 Å². The molecule has 0 atom stereocenters. The molecule has 0 heterocycles. The summed E-state index contributed by atoms with van der Waals surface area (Å²) in [6.07, 6.45) is 2.34. The first-order valence-corrected chi connectivity index (χ1v) is 5.48. The minimum atomic E-state index is -0.0410. The van der Waals surface area contributed by atoms with Crippen molar-refractivity contribution in [2.45, 2.75) is 25.8 Å². The van der Waals surface area contributed by atoms with Crippen LogP contribution in [-0.4, -0.2) is 23.6 Å². The largest absolute Gasteiger partial charge is 0.508 e. The Morgan fingerprint density at radius 3 is 2.88 bits per heavy atom. The number of hydrogen-bond acceptors (Lipinski definition) is 3. The molecule has 1 aromatic carbocycles. The third-order valence-corrected chi connectivity index (χ3v) is 2.61. The SMILES string of the molecule is Cc1cc(O)ccc1NC(=O)CNC1CC1. The van der Waals surface area contributed by atoms with Crippen molar-refractivity contribution in [2.24, 2.45) is 0 Å². The minimum Gasteiger partial charge on any atom is -0.508 e. The zero-order valence-corrected chi connectivity index (χ0v) is 9.29. The summed E-state index contributed by atoms with van der Waals surface area (Å²) in [5.74, 6) is 0.173. The highest BCUT2D eigenvalue weighted by Crippen LogP contribution is 2.20. The number of carbonyl (C=O) groups is 1. The number of aromatic hydroxyl groups is 1. The molecule has 1 saturated carbocycles. The van der Waals surface area contributed by atoms with Gasteiger partial charge in [0.05, 0.1) is 6.54 Å². The molecule has 1 aliphatic carbocycles. The highest BCUT2D eigenvalue weighted by molar-refractivity contribution is 5.93. The van der Waals surface area contributed by atoms with Crippen LogP contribution in [0.2, 0.25) is 0 Å². The van der Waals surface area contributed by atoms with Gasteiger partial charge in [0.2, 0.25) is 5.91 Å². The van der Waals surface area contributed by atoms with Crippen LogP contribution in [-0.2, 0) is 4.79 Å². The summed E-state index contributed by atoms with van der Waals surface area (Å²) in [6, 6.07) is 5.44. The normalized spacial score (nSPS) is 14.8. The Hall–Kier alpha value is -1.55. The summed E-state index contributed by atoms with van der Waals surface area (Å²) in [4.78, 5) is 11.5. The lowest BCUT2D eigenvalue weighted by molar-refractivity contribution is -0.115. The fourth-order valence-electron chi connectivity index (χ4n) is 1.51. The predicted molar refractivity (Wildman–Crippen MR) is 62.5 cm³/mol. The van der Waals surface area contributed by atoms with Crippen molar-refractivity contribution >= 4 is 11.6 Å². The highest BCUT2D eigenvalue weighted by Gasteiger charge is 2.21. The molecule has 1 amide bonds. The Balaban J connectivity index is 1.89. The van der Waals surface area contributed by atoms with Crippen LogP contribution in [0, 0.1) is 6.92 Å². The molecule has 0 aliphatic heterocycles. The second kappa shape index (κ2) is 4.53. The molecule has 1 aliphatic rings. The minimum absolute atomic E-state index is 0.0410. The van der Waals surface area contributed by atoms with Crippen molar-refractivity contribution in [1.82, 2.24) is 5.32 Å². The Bertz CT molecular complexity index is 400. The number of amides is 1. The second-order valence-electron chi connectivity index (χ2n) is 4.20. The van der Waals surface area contributed by atoms with E-state index in [0.717, 1.165) is 11.3 Å². The van der Waals surface area contributed by atoms with E-state index >= 15 is 0 Å². The lowest BCUT2D eigenvalue weighted by Crippen LogP contribution is -2.29. The van der Waals surface area contributed by atoms with Crippen LogP contribution in [0.4, 0.5) is 5.69 Å². The first-order valence-electron chi connectivity index (χ1n) is 5.48. The first kappa shape index (κ1) is 11.0. The number of anilines is 1. The monoisotopic (exact) mass is 220 g/mol. The average molecular weight is 220 g/mol. The van der Waals surface area contributed by atoms with Crippen molar-refractivity contribution in [2.75, 3.05) is 11.9 Å². The third-order valence-electron chi connectivity index (χ3n) is 2.61. The first-order chi connectivity index (χ1) is 7.65. The summed E-state index contributed by atoms with van der Waals surface area (Å²) in [5, 5.41) is 15.2. The van der Waals surface area contributed by atoms with Gasteiger partial charge in [-0.2, -0.15) is 0 Å². The summed E-state index contributed by atoms with van der Waals surface area (Å²) in [5.41, 5.74) is 1.61. The Kier molecular flexibility index (Phi) is 3.10. The number of phenolic OH excluding ortho intramolecular Hbond substituents is 1. The van der Waals surface area contributed by atoms with Gasteiger partial charge in [-0.25, -0.2) is 0 Å². The molecule has 1 fully saturated rings. The van der Waals surface area contributed by atoms with Crippen LogP contribution < -0.4 is 10.6 Å². The van der Waals surface area contributed by atoms with E-state index < -0.39 is 0 Å². The van der Waals surface area contributed by atoms with Gasteiger partial charge in [-0.15, -0.1) is 0 Å². The molecule has 0 aromatic heterocycles. The standard InChI is InChI=1S/C12H16N2O2/c1-8-6-10(15)4-5-11(8)14-12(16)7-13-9-2-3-9/h4-6,9,13,15H,2-3,7H2,1H3,(H,14,16). The van der Waals surface area contributed by atoms with Gasteiger partial charge in [0.25, 0.3) is 0 Å². The van der Waals surface area contributed by atoms with Crippen LogP contribution in [0.1, 0.15) is 18.4 Å². The molecule has 0 radical (unpaired) electrons. The van der Waals surface area contributed by atoms with Gasteiger partial charge in [-0.3, -0.25) is 4.79 Å². The van der Waals surface area contributed by atoms with Gasteiger partial charge in [-0.05, 0) is 43.5 Å². The Morgan fingerprint density at radius 1 is 1.50 bits per heavy atom. The Morgan fingerprint density at radius 2 is 2.25 bits per heavy atom. The van der Waals surface area contributed by atoms with Gasteiger partial charge in [0, 0.05) is 11.7 Å². The zero-order valence-electron chi connectivity index (χ0n) is 9.29. The van der Waals surface area contributed by atoms with E-state index in [4.69, 9.17) is 0 Å².